The van der Waals surface area contributed by atoms with E-state index < -0.39 is 0 Å². The molecule has 160 valence electrons. The van der Waals surface area contributed by atoms with Gasteiger partial charge in [-0.05, 0) is 48.7 Å². The van der Waals surface area contributed by atoms with Crippen molar-refractivity contribution in [2.45, 2.75) is 25.3 Å². The Kier molecular flexibility index (Phi) is 7.17. The lowest BCUT2D eigenvalue weighted by Gasteiger charge is -2.32. The van der Waals surface area contributed by atoms with Gasteiger partial charge >= 0.3 is 0 Å². The van der Waals surface area contributed by atoms with Gasteiger partial charge in [0, 0.05) is 24.7 Å². The van der Waals surface area contributed by atoms with Crippen LogP contribution < -0.4 is 19.5 Å². The Morgan fingerprint density at radius 1 is 0.967 bits per heavy atom. The molecule has 0 spiro atoms. The fraction of sp³-hybridized carbons (Fsp3) is 0.391. The molecule has 2 aromatic carbocycles. The third-order valence-corrected chi connectivity index (χ3v) is 5.32. The fourth-order valence-corrected chi connectivity index (χ4v) is 3.58. The van der Waals surface area contributed by atoms with Crippen LogP contribution in [0.15, 0.2) is 42.5 Å². The second-order valence-corrected chi connectivity index (χ2v) is 7.23. The van der Waals surface area contributed by atoms with E-state index in [4.69, 9.17) is 14.2 Å². The molecule has 30 heavy (non-hydrogen) atoms. The molecule has 0 atom stereocenters. The first-order chi connectivity index (χ1) is 14.5. The summed E-state index contributed by atoms with van der Waals surface area (Å²) in [5.41, 5.74) is 1.45. The van der Waals surface area contributed by atoms with E-state index in [1.807, 2.05) is 23.1 Å². The fourth-order valence-electron chi connectivity index (χ4n) is 3.58. The number of carbonyl (C=O) groups excluding carboxylic acids is 2. The second kappa shape index (κ2) is 10.0. The standard InChI is InChI=1S/C23H28N2O5/c1-28-19-6-4-5-17(15-19)23(27)24-18-9-11-25(12-10-18)22(26)14-16-7-8-20(29-2)21(13-16)30-3/h4-8,13,15,18H,9-12,14H2,1-3H3,(H,24,27). The highest BCUT2D eigenvalue weighted by atomic mass is 16.5. The Labute approximate surface area is 176 Å². The zero-order valence-corrected chi connectivity index (χ0v) is 17.6. The van der Waals surface area contributed by atoms with Crippen molar-refractivity contribution in [3.8, 4) is 17.2 Å². The van der Waals surface area contributed by atoms with Gasteiger partial charge in [-0.2, -0.15) is 0 Å². The Hall–Kier alpha value is -3.22. The van der Waals surface area contributed by atoms with Crippen molar-refractivity contribution in [3.63, 3.8) is 0 Å². The number of benzene rings is 2. The first kappa shape index (κ1) is 21.5. The smallest absolute Gasteiger partial charge is 0.251 e. The molecule has 2 aromatic rings. The van der Waals surface area contributed by atoms with Crippen molar-refractivity contribution in [1.29, 1.82) is 0 Å². The van der Waals surface area contributed by atoms with Gasteiger partial charge in [-0.1, -0.05) is 12.1 Å². The van der Waals surface area contributed by atoms with E-state index in [1.165, 1.54) is 0 Å². The lowest BCUT2D eigenvalue weighted by atomic mass is 10.0. The average Bonchev–Trinajstić information content (AvgIpc) is 2.79. The lowest BCUT2D eigenvalue weighted by Crippen LogP contribution is -2.47. The van der Waals surface area contributed by atoms with E-state index in [-0.39, 0.29) is 17.9 Å². The molecule has 1 saturated heterocycles. The van der Waals surface area contributed by atoms with Gasteiger partial charge in [-0.15, -0.1) is 0 Å². The highest BCUT2D eigenvalue weighted by Gasteiger charge is 2.24. The molecule has 1 heterocycles. The molecule has 1 aliphatic rings. The summed E-state index contributed by atoms with van der Waals surface area (Å²) in [6, 6.07) is 12.6. The van der Waals surface area contributed by atoms with E-state index in [1.54, 1.807) is 45.6 Å². The van der Waals surface area contributed by atoms with Gasteiger partial charge in [0.25, 0.3) is 5.91 Å². The van der Waals surface area contributed by atoms with Crippen molar-refractivity contribution in [1.82, 2.24) is 10.2 Å². The number of rotatable bonds is 7. The Bertz CT molecular complexity index is 891. The normalized spacial score (nSPS) is 14.2. The largest absolute Gasteiger partial charge is 0.497 e. The van der Waals surface area contributed by atoms with Crippen molar-refractivity contribution < 1.29 is 23.8 Å². The molecule has 0 radical (unpaired) electrons. The van der Waals surface area contributed by atoms with Crippen LogP contribution in [-0.4, -0.2) is 57.2 Å². The number of likely N-dealkylation sites (tertiary alicyclic amines) is 1. The Morgan fingerprint density at radius 3 is 2.37 bits per heavy atom. The number of methoxy groups -OCH3 is 3. The SMILES string of the molecule is COc1cccc(C(=O)NC2CCN(C(=O)Cc3ccc(OC)c(OC)c3)CC2)c1. The van der Waals surface area contributed by atoms with Crippen LogP contribution in [0.25, 0.3) is 0 Å². The van der Waals surface area contributed by atoms with Crippen LogP contribution in [0.4, 0.5) is 0 Å². The zero-order chi connectivity index (χ0) is 21.5. The maximum atomic E-state index is 12.7. The van der Waals surface area contributed by atoms with Crippen molar-refractivity contribution >= 4 is 11.8 Å². The molecular weight excluding hydrogens is 384 g/mol. The first-order valence-electron chi connectivity index (χ1n) is 9.97. The molecule has 0 bridgehead atoms. The molecule has 1 aliphatic heterocycles. The summed E-state index contributed by atoms with van der Waals surface area (Å²) in [6.45, 7) is 1.24. The second-order valence-electron chi connectivity index (χ2n) is 7.23. The van der Waals surface area contributed by atoms with Crippen molar-refractivity contribution in [3.05, 3.63) is 53.6 Å². The van der Waals surface area contributed by atoms with Gasteiger partial charge in [-0.25, -0.2) is 0 Å². The summed E-state index contributed by atoms with van der Waals surface area (Å²) in [5.74, 6) is 1.85. The summed E-state index contributed by atoms with van der Waals surface area (Å²) in [7, 11) is 4.74. The molecule has 3 rings (SSSR count). The number of carbonyl (C=O) groups is 2. The maximum Gasteiger partial charge on any atom is 0.251 e. The summed E-state index contributed by atoms with van der Waals surface area (Å²) in [6.07, 6.45) is 1.77. The molecule has 7 heteroatoms. The lowest BCUT2D eigenvalue weighted by molar-refractivity contribution is -0.131. The van der Waals surface area contributed by atoms with Crippen LogP contribution in [0, 0.1) is 0 Å². The molecule has 2 amide bonds. The van der Waals surface area contributed by atoms with Gasteiger partial charge < -0.3 is 24.4 Å². The van der Waals surface area contributed by atoms with Crippen molar-refractivity contribution in [2.75, 3.05) is 34.4 Å². The molecule has 1 fully saturated rings. The molecule has 7 nitrogen and oxygen atoms in total. The summed E-state index contributed by atoms with van der Waals surface area (Å²) >= 11 is 0. The van der Waals surface area contributed by atoms with Gasteiger partial charge in [-0.3, -0.25) is 9.59 Å². The number of hydrogen-bond donors (Lipinski definition) is 1. The average molecular weight is 412 g/mol. The number of hydrogen-bond acceptors (Lipinski definition) is 5. The van der Waals surface area contributed by atoms with Crippen LogP contribution in [-0.2, 0) is 11.2 Å². The minimum Gasteiger partial charge on any atom is -0.497 e. The molecule has 0 saturated carbocycles. The zero-order valence-electron chi connectivity index (χ0n) is 17.6. The van der Waals surface area contributed by atoms with E-state index in [0.717, 1.165) is 18.4 Å². The maximum absolute atomic E-state index is 12.7. The first-order valence-corrected chi connectivity index (χ1v) is 9.97. The highest BCUT2D eigenvalue weighted by molar-refractivity contribution is 5.94. The summed E-state index contributed by atoms with van der Waals surface area (Å²) < 4.78 is 15.7. The van der Waals surface area contributed by atoms with Crippen molar-refractivity contribution in [2.24, 2.45) is 0 Å². The number of piperidine rings is 1. The van der Waals surface area contributed by atoms with Crippen LogP contribution in [0.1, 0.15) is 28.8 Å². The molecular formula is C23H28N2O5. The monoisotopic (exact) mass is 412 g/mol. The highest BCUT2D eigenvalue weighted by Crippen LogP contribution is 2.28. The Morgan fingerprint density at radius 2 is 1.70 bits per heavy atom. The number of nitrogens with one attached hydrogen (secondary N) is 1. The van der Waals surface area contributed by atoms with Gasteiger partial charge in [0.05, 0.1) is 27.8 Å². The van der Waals surface area contributed by atoms with Gasteiger partial charge in [0.15, 0.2) is 11.5 Å². The predicted octanol–water partition coefficient (Wildman–Crippen LogP) is 2.68. The number of nitrogens with zero attached hydrogens (tertiary/aromatic N) is 1. The molecule has 1 N–H and O–H groups in total. The van der Waals surface area contributed by atoms with E-state index in [2.05, 4.69) is 5.32 Å². The third-order valence-electron chi connectivity index (χ3n) is 5.32. The minimum absolute atomic E-state index is 0.0498. The summed E-state index contributed by atoms with van der Waals surface area (Å²) in [5, 5.41) is 3.06. The van der Waals surface area contributed by atoms with Gasteiger partial charge in [0.2, 0.25) is 5.91 Å². The van der Waals surface area contributed by atoms with Crippen LogP contribution in [0.3, 0.4) is 0 Å². The number of ether oxygens (including phenoxy) is 3. The molecule has 0 unspecified atom stereocenters. The van der Waals surface area contributed by atoms with Gasteiger partial charge in [0.1, 0.15) is 5.75 Å². The topological polar surface area (TPSA) is 77.1 Å². The Balaban J connectivity index is 1.51. The molecule has 0 aromatic heterocycles. The van der Waals surface area contributed by atoms with Crippen LogP contribution in [0.2, 0.25) is 0 Å². The third kappa shape index (κ3) is 5.23. The number of amides is 2. The van der Waals surface area contributed by atoms with E-state index >= 15 is 0 Å². The van der Waals surface area contributed by atoms with Crippen LogP contribution in [0.5, 0.6) is 17.2 Å². The van der Waals surface area contributed by atoms with E-state index in [9.17, 15) is 9.59 Å². The predicted molar refractivity (Wildman–Crippen MR) is 113 cm³/mol. The quantitative estimate of drug-likeness (QED) is 0.757. The van der Waals surface area contributed by atoms with Crippen LogP contribution >= 0.6 is 0 Å². The molecule has 0 aliphatic carbocycles. The van der Waals surface area contributed by atoms with E-state index in [0.29, 0.717) is 42.3 Å². The minimum atomic E-state index is -0.121. The summed E-state index contributed by atoms with van der Waals surface area (Å²) in [4.78, 5) is 27.0.